The molecule has 0 radical (unpaired) electrons. The van der Waals surface area contributed by atoms with Gasteiger partial charge >= 0.3 is 0 Å². The molecule has 0 fully saturated rings. The Hall–Kier alpha value is -1.46. The second kappa shape index (κ2) is 3.80. The number of nitrogens with two attached hydrogens (primary N) is 1. The van der Waals surface area contributed by atoms with Gasteiger partial charge in [0.25, 0.3) is 5.69 Å². The molecule has 0 bridgehead atoms. The van der Waals surface area contributed by atoms with E-state index >= 15 is 0 Å². The predicted octanol–water partition coefficient (Wildman–Crippen LogP) is 0.985. The largest absolute Gasteiger partial charge is 0.300 e. The third-order valence-electron chi connectivity index (χ3n) is 0.955. The quantitative estimate of drug-likeness (QED) is 0.547. The number of hydrogen-bond donors (Lipinski definition) is 1. The predicted molar refractivity (Wildman–Crippen MR) is 42.1 cm³/mol. The van der Waals surface area contributed by atoms with Crippen LogP contribution in [0, 0.1) is 10.1 Å². The van der Waals surface area contributed by atoms with Gasteiger partial charge in [-0.15, -0.1) is 0 Å². The van der Waals surface area contributed by atoms with Crippen molar-refractivity contribution in [1.82, 2.24) is 0 Å². The van der Waals surface area contributed by atoms with Crippen LogP contribution >= 0.6 is 0 Å². The molecule has 1 rings (SSSR count). The van der Waals surface area contributed by atoms with Crippen molar-refractivity contribution in [2.24, 2.45) is 5.90 Å². The molecule has 0 aromatic heterocycles. The zero-order valence-electron chi connectivity index (χ0n) is 11.7. The molecule has 0 heterocycles. The van der Waals surface area contributed by atoms with Crippen molar-refractivity contribution in [3.05, 3.63) is 39.8 Å². The Morgan fingerprint density at radius 3 is 2.67 bits per heavy atom. The Kier molecular flexibility index (Phi) is 1.11. The Balaban J connectivity index is 3.75. The molecule has 0 aliphatic rings. The van der Waals surface area contributed by atoms with Crippen molar-refractivity contribution >= 4 is 5.69 Å². The van der Waals surface area contributed by atoms with Gasteiger partial charge in [-0.05, 0) is 17.6 Å². The first kappa shape index (κ1) is 3.51. The SMILES string of the molecule is [2H]c1c([2H])c(C([2H])([2H])ON)c([2H])c([2H])c1[N+](=O)[O-]. The monoisotopic (exact) mass is 174 g/mol. The summed E-state index contributed by atoms with van der Waals surface area (Å²) in [6.07, 6.45) is 0. The van der Waals surface area contributed by atoms with Crippen LogP contribution < -0.4 is 5.90 Å². The van der Waals surface area contributed by atoms with Crippen LogP contribution in [0.5, 0.6) is 0 Å². The Morgan fingerprint density at radius 1 is 1.67 bits per heavy atom. The molecule has 0 atom stereocenters. The fourth-order valence-corrected chi connectivity index (χ4v) is 0.507. The lowest BCUT2D eigenvalue weighted by Gasteiger charge is -1.96. The summed E-state index contributed by atoms with van der Waals surface area (Å²) in [7, 11) is 0. The smallest absolute Gasteiger partial charge is 0.269 e. The number of rotatable bonds is 3. The summed E-state index contributed by atoms with van der Waals surface area (Å²) in [6, 6.07) is -3.73. The highest BCUT2D eigenvalue weighted by Gasteiger charge is 2.02. The van der Waals surface area contributed by atoms with Crippen molar-refractivity contribution < 1.29 is 18.0 Å². The highest BCUT2D eigenvalue weighted by atomic mass is 16.6. The summed E-state index contributed by atoms with van der Waals surface area (Å²) >= 11 is 0. The lowest BCUT2D eigenvalue weighted by atomic mass is 10.2. The molecule has 0 amide bonds. The molecule has 64 valence electrons. The van der Waals surface area contributed by atoms with Gasteiger partial charge in [-0.1, -0.05) is 0 Å². The molecule has 0 saturated carbocycles. The van der Waals surface area contributed by atoms with Crippen LogP contribution in [0.1, 0.15) is 13.8 Å². The van der Waals surface area contributed by atoms with Crippen molar-refractivity contribution in [3.63, 3.8) is 0 Å². The summed E-state index contributed by atoms with van der Waals surface area (Å²) in [4.78, 5) is 13.5. The van der Waals surface area contributed by atoms with E-state index in [0.717, 1.165) is 0 Å². The van der Waals surface area contributed by atoms with E-state index in [0.29, 0.717) is 0 Å². The van der Waals surface area contributed by atoms with Gasteiger partial charge in [-0.3, -0.25) is 15.0 Å². The number of hydrogen-bond acceptors (Lipinski definition) is 4. The molecule has 1 aromatic carbocycles. The molecule has 12 heavy (non-hydrogen) atoms. The van der Waals surface area contributed by atoms with Gasteiger partial charge in [-0.25, -0.2) is 5.90 Å². The average Bonchev–Trinajstić information content (AvgIpc) is 2.26. The van der Waals surface area contributed by atoms with E-state index in [1.165, 1.54) is 0 Å². The van der Waals surface area contributed by atoms with Gasteiger partial charge in [0.05, 0.1) is 19.7 Å². The maximum absolute atomic E-state index is 10.6. The van der Waals surface area contributed by atoms with E-state index < -0.39 is 46.9 Å². The lowest BCUT2D eigenvalue weighted by Crippen LogP contribution is -1.98. The van der Waals surface area contributed by atoms with E-state index in [1.807, 2.05) is 0 Å². The molecule has 0 unspecified atom stereocenters. The van der Waals surface area contributed by atoms with Crippen LogP contribution in [0.3, 0.4) is 0 Å². The lowest BCUT2D eigenvalue weighted by molar-refractivity contribution is -0.384. The molecular formula is C7H8N2O3. The van der Waals surface area contributed by atoms with Crippen LogP contribution in [0.25, 0.3) is 0 Å². The van der Waals surface area contributed by atoms with Crippen LogP contribution in [-0.2, 0) is 11.4 Å². The van der Waals surface area contributed by atoms with E-state index in [1.54, 1.807) is 0 Å². The highest BCUT2D eigenvalue weighted by Crippen LogP contribution is 2.11. The minimum Gasteiger partial charge on any atom is -0.300 e. The second-order valence-corrected chi connectivity index (χ2v) is 1.70. The van der Waals surface area contributed by atoms with Crippen molar-refractivity contribution in [3.8, 4) is 0 Å². The fraction of sp³-hybridized carbons (Fsp3) is 0.143. The maximum atomic E-state index is 10.6. The van der Waals surface area contributed by atoms with Crippen LogP contribution in [0.2, 0.25) is 0 Å². The Bertz CT molecular complexity index is 491. The zero-order chi connectivity index (χ0) is 14.2. The summed E-state index contributed by atoms with van der Waals surface area (Å²) in [5.41, 5.74) is -1.81. The number of nitro benzene ring substituents is 1. The Morgan fingerprint density at radius 2 is 2.25 bits per heavy atom. The first-order chi connectivity index (χ1) is 8.15. The van der Waals surface area contributed by atoms with Gasteiger partial charge in [0.2, 0.25) is 0 Å². The van der Waals surface area contributed by atoms with E-state index in [-0.39, 0.29) is 0 Å². The van der Waals surface area contributed by atoms with Gasteiger partial charge in [0.1, 0.15) is 0 Å². The first-order valence-electron chi connectivity index (χ1n) is 5.78. The molecule has 0 spiro atoms. The summed E-state index contributed by atoms with van der Waals surface area (Å²) in [5, 5.41) is 10.6. The van der Waals surface area contributed by atoms with Crippen LogP contribution in [-0.4, -0.2) is 4.92 Å². The van der Waals surface area contributed by atoms with E-state index in [2.05, 4.69) is 10.7 Å². The summed E-state index contributed by atoms with van der Waals surface area (Å²) in [5.74, 6) is 4.68. The van der Waals surface area contributed by atoms with Gasteiger partial charge in [0, 0.05) is 12.1 Å². The topological polar surface area (TPSA) is 78.4 Å². The van der Waals surface area contributed by atoms with Crippen molar-refractivity contribution in [1.29, 1.82) is 0 Å². The number of benzene rings is 1. The first-order valence-corrected chi connectivity index (χ1v) is 2.78. The Labute approximate surface area is 77.3 Å². The highest BCUT2D eigenvalue weighted by molar-refractivity contribution is 5.32. The minimum atomic E-state index is -2.78. The van der Waals surface area contributed by atoms with Crippen molar-refractivity contribution in [2.75, 3.05) is 0 Å². The van der Waals surface area contributed by atoms with Crippen LogP contribution in [0.4, 0.5) is 5.69 Å². The molecule has 1 aromatic rings. The summed E-state index contributed by atoms with van der Waals surface area (Å²) in [6.45, 7) is -2.78. The minimum absolute atomic E-state index is 0.786. The zero-order valence-corrected chi connectivity index (χ0v) is 5.75. The third-order valence-corrected chi connectivity index (χ3v) is 0.955. The molecule has 5 nitrogen and oxygen atoms in total. The average molecular weight is 174 g/mol. The third kappa shape index (κ3) is 2.01. The number of nitro groups is 1. The van der Waals surface area contributed by atoms with Gasteiger partial charge in [0.15, 0.2) is 0 Å². The van der Waals surface area contributed by atoms with Gasteiger partial charge in [-0.2, -0.15) is 0 Å². The van der Waals surface area contributed by atoms with Gasteiger partial charge < -0.3 is 0 Å². The molecule has 2 N–H and O–H groups in total. The molecule has 5 heteroatoms. The molecular weight excluding hydrogens is 160 g/mol. The molecule has 0 aliphatic carbocycles. The van der Waals surface area contributed by atoms with E-state index in [9.17, 15) is 10.1 Å². The second-order valence-electron chi connectivity index (χ2n) is 1.70. The van der Waals surface area contributed by atoms with Crippen LogP contribution in [0.15, 0.2) is 24.2 Å². The van der Waals surface area contributed by atoms with Crippen molar-refractivity contribution in [2.45, 2.75) is 6.56 Å². The number of nitrogens with zero attached hydrogens (tertiary/aromatic N) is 1. The maximum Gasteiger partial charge on any atom is 0.269 e. The molecule has 0 aliphatic heterocycles. The normalized spacial score (nSPS) is 18.1. The fourth-order valence-electron chi connectivity index (χ4n) is 0.507. The summed E-state index contributed by atoms with van der Waals surface area (Å²) < 4.78 is 44.3. The molecule has 0 saturated heterocycles. The van der Waals surface area contributed by atoms with E-state index in [4.69, 9.17) is 8.22 Å². The standard InChI is InChI=1S/C7H8N2O3/c8-12-5-6-1-3-7(4-2-6)9(10)11/h1-4H,5,8H2/i1D,2D,3D,4D,5D2.